The highest BCUT2D eigenvalue weighted by Crippen LogP contribution is 2.20. The summed E-state index contributed by atoms with van der Waals surface area (Å²) in [5, 5.41) is 28.2. The van der Waals surface area contributed by atoms with Crippen molar-refractivity contribution in [2.75, 3.05) is 39.5 Å². The van der Waals surface area contributed by atoms with Gasteiger partial charge in [-0.2, -0.15) is 0 Å². The number of aryl methyl sites for hydroxylation is 1. The number of aliphatic hydroxyl groups is 2. The van der Waals surface area contributed by atoms with Crippen molar-refractivity contribution in [3.05, 3.63) is 46.2 Å². The minimum absolute atomic E-state index is 0.203. The molecule has 7 nitrogen and oxygen atoms in total. The third kappa shape index (κ3) is 5.30. The normalized spacial score (nSPS) is 17.1. The van der Waals surface area contributed by atoms with Crippen LogP contribution in [0.2, 0.25) is 5.02 Å². The number of halogens is 1. The lowest BCUT2D eigenvalue weighted by atomic mass is 10.0. The Labute approximate surface area is 170 Å². The fourth-order valence-electron chi connectivity index (χ4n) is 3.37. The number of nitrogens with zero attached hydrogens (tertiary/aromatic N) is 4. The molecule has 0 spiro atoms. The van der Waals surface area contributed by atoms with E-state index in [1.54, 1.807) is 17.8 Å². The van der Waals surface area contributed by atoms with E-state index in [-0.39, 0.29) is 13.2 Å². The van der Waals surface area contributed by atoms with Gasteiger partial charge < -0.3 is 14.9 Å². The van der Waals surface area contributed by atoms with Crippen LogP contribution < -0.4 is 0 Å². The van der Waals surface area contributed by atoms with E-state index in [1.807, 2.05) is 6.07 Å². The molecule has 3 rings (SSSR count). The second-order valence-corrected chi connectivity index (χ2v) is 8.06. The summed E-state index contributed by atoms with van der Waals surface area (Å²) in [6, 6.07) is 6.12. The summed E-state index contributed by atoms with van der Waals surface area (Å²) in [5.41, 5.74) is 2.58. The fourth-order valence-corrected chi connectivity index (χ4v) is 3.57. The molecule has 2 heterocycles. The largest absolute Gasteiger partial charge is 0.394 e. The van der Waals surface area contributed by atoms with Crippen molar-refractivity contribution in [1.82, 2.24) is 19.9 Å². The van der Waals surface area contributed by atoms with Gasteiger partial charge in [0.25, 0.3) is 0 Å². The van der Waals surface area contributed by atoms with Gasteiger partial charge in [-0.1, -0.05) is 22.9 Å². The van der Waals surface area contributed by atoms with Crippen LogP contribution in [-0.2, 0) is 29.7 Å². The molecule has 0 atom stereocenters. The molecule has 0 saturated carbocycles. The first-order valence-corrected chi connectivity index (χ1v) is 10.1. The summed E-state index contributed by atoms with van der Waals surface area (Å²) in [7, 11) is 0. The highest BCUT2D eigenvalue weighted by molar-refractivity contribution is 6.30. The van der Waals surface area contributed by atoms with Gasteiger partial charge in [0.05, 0.1) is 38.3 Å². The number of aromatic nitrogens is 3. The molecule has 154 valence electrons. The summed E-state index contributed by atoms with van der Waals surface area (Å²) >= 11 is 6.18. The summed E-state index contributed by atoms with van der Waals surface area (Å²) in [4.78, 5) is 2.30. The molecule has 0 fully saturated rings. The molecule has 1 aromatic heterocycles. The molecule has 0 aliphatic carbocycles. The predicted molar refractivity (Wildman–Crippen MR) is 107 cm³/mol. The molecule has 1 aliphatic rings. The molecule has 0 bridgehead atoms. The van der Waals surface area contributed by atoms with Gasteiger partial charge in [0.15, 0.2) is 0 Å². The van der Waals surface area contributed by atoms with Crippen LogP contribution >= 0.6 is 11.6 Å². The monoisotopic (exact) mass is 408 g/mol. The lowest BCUT2D eigenvalue weighted by molar-refractivity contribution is 0.0666. The van der Waals surface area contributed by atoms with Gasteiger partial charge in [-0.3, -0.25) is 4.90 Å². The van der Waals surface area contributed by atoms with E-state index in [0.29, 0.717) is 19.8 Å². The molecule has 2 aromatic rings. The molecule has 2 N–H and O–H groups in total. The maximum Gasteiger partial charge on any atom is 0.108 e. The van der Waals surface area contributed by atoms with Gasteiger partial charge in [0.1, 0.15) is 5.54 Å². The number of hydrogen-bond acceptors (Lipinski definition) is 6. The second kappa shape index (κ2) is 9.80. The van der Waals surface area contributed by atoms with Crippen LogP contribution in [-0.4, -0.2) is 69.6 Å². The van der Waals surface area contributed by atoms with Crippen LogP contribution in [0.4, 0.5) is 0 Å². The van der Waals surface area contributed by atoms with E-state index in [0.717, 1.165) is 43.1 Å². The topological polar surface area (TPSA) is 83.6 Å². The lowest BCUT2D eigenvalue weighted by Gasteiger charge is -2.24. The van der Waals surface area contributed by atoms with E-state index >= 15 is 0 Å². The first-order valence-electron chi connectivity index (χ1n) is 9.75. The third-order valence-electron chi connectivity index (χ3n) is 5.32. The minimum Gasteiger partial charge on any atom is -0.394 e. The highest BCUT2D eigenvalue weighted by atomic mass is 35.5. The quantitative estimate of drug-likeness (QED) is 0.782. The van der Waals surface area contributed by atoms with Crippen LogP contribution in [0.1, 0.15) is 30.2 Å². The van der Waals surface area contributed by atoms with E-state index < -0.39 is 5.54 Å². The summed E-state index contributed by atoms with van der Waals surface area (Å²) in [6.45, 7) is 5.10. The number of hydrogen-bond donors (Lipinski definition) is 2. The van der Waals surface area contributed by atoms with Crippen LogP contribution in [0.25, 0.3) is 0 Å². The highest BCUT2D eigenvalue weighted by Gasteiger charge is 2.26. The number of aliphatic hydroxyl groups excluding tert-OH is 2. The maximum absolute atomic E-state index is 9.54. The van der Waals surface area contributed by atoms with Crippen molar-refractivity contribution in [2.24, 2.45) is 0 Å². The zero-order valence-electron chi connectivity index (χ0n) is 16.3. The molecular formula is C20H29ClN4O3. The molecule has 1 aliphatic heterocycles. The van der Waals surface area contributed by atoms with Gasteiger partial charge in [0, 0.05) is 18.1 Å². The first-order chi connectivity index (χ1) is 13.5. The Morgan fingerprint density at radius 3 is 2.75 bits per heavy atom. The van der Waals surface area contributed by atoms with Crippen molar-refractivity contribution in [2.45, 2.75) is 38.3 Å². The Morgan fingerprint density at radius 2 is 1.96 bits per heavy atom. The SMILES string of the molecule is CC(CO)(CO)n1cc(CN2CCCc3cc(Cl)ccc3CCOCC2)nn1. The summed E-state index contributed by atoms with van der Waals surface area (Å²) in [6.07, 6.45) is 4.70. The second-order valence-electron chi connectivity index (χ2n) is 7.62. The zero-order valence-corrected chi connectivity index (χ0v) is 17.1. The maximum atomic E-state index is 9.54. The minimum atomic E-state index is -0.846. The van der Waals surface area contributed by atoms with Gasteiger partial charge in [-0.05, 0) is 56.0 Å². The predicted octanol–water partition coefficient (Wildman–Crippen LogP) is 1.64. The molecule has 8 heteroatoms. The smallest absolute Gasteiger partial charge is 0.108 e. The van der Waals surface area contributed by atoms with E-state index in [9.17, 15) is 10.2 Å². The van der Waals surface area contributed by atoms with Gasteiger partial charge in [-0.25, -0.2) is 4.68 Å². The van der Waals surface area contributed by atoms with E-state index in [1.165, 1.54) is 11.1 Å². The van der Waals surface area contributed by atoms with Crippen LogP contribution in [0, 0.1) is 0 Å². The third-order valence-corrected chi connectivity index (χ3v) is 5.55. The molecule has 0 unspecified atom stereocenters. The number of benzene rings is 1. The van der Waals surface area contributed by atoms with Crippen LogP contribution in [0.5, 0.6) is 0 Å². The van der Waals surface area contributed by atoms with Gasteiger partial charge >= 0.3 is 0 Å². The van der Waals surface area contributed by atoms with Crippen molar-refractivity contribution in [3.63, 3.8) is 0 Å². The fraction of sp³-hybridized carbons (Fsp3) is 0.600. The van der Waals surface area contributed by atoms with Gasteiger partial charge in [-0.15, -0.1) is 5.10 Å². The molecule has 1 aromatic carbocycles. The van der Waals surface area contributed by atoms with Crippen LogP contribution in [0.15, 0.2) is 24.4 Å². The summed E-state index contributed by atoms with van der Waals surface area (Å²) in [5.74, 6) is 0. The molecular weight excluding hydrogens is 380 g/mol. The lowest BCUT2D eigenvalue weighted by Crippen LogP contribution is -2.38. The number of rotatable bonds is 5. The number of fused-ring (bicyclic) bond motifs is 1. The molecule has 0 saturated heterocycles. The molecule has 28 heavy (non-hydrogen) atoms. The molecule has 0 amide bonds. The number of ether oxygens (including phenoxy) is 1. The Hall–Kier alpha value is -1.51. The van der Waals surface area contributed by atoms with Crippen molar-refractivity contribution >= 4 is 11.6 Å². The Bertz CT molecular complexity index is 764. The summed E-state index contributed by atoms with van der Waals surface area (Å²) < 4.78 is 7.38. The van der Waals surface area contributed by atoms with Crippen molar-refractivity contribution in [1.29, 1.82) is 0 Å². The van der Waals surface area contributed by atoms with Gasteiger partial charge in [0.2, 0.25) is 0 Å². The zero-order chi connectivity index (χ0) is 20.0. The first kappa shape index (κ1) is 21.2. The van der Waals surface area contributed by atoms with Crippen LogP contribution in [0.3, 0.4) is 0 Å². The Morgan fingerprint density at radius 1 is 1.14 bits per heavy atom. The average molecular weight is 409 g/mol. The Kier molecular flexibility index (Phi) is 7.42. The molecule has 0 radical (unpaired) electrons. The average Bonchev–Trinajstić information content (AvgIpc) is 3.15. The van der Waals surface area contributed by atoms with E-state index in [4.69, 9.17) is 16.3 Å². The van der Waals surface area contributed by atoms with E-state index in [2.05, 4.69) is 27.3 Å². The Balaban J connectivity index is 1.65. The van der Waals surface area contributed by atoms with Crippen molar-refractivity contribution < 1.29 is 14.9 Å². The van der Waals surface area contributed by atoms with Crippen molar-refractivity contribution in [3.8, 4) is 0 Å². The standard InChI is InChI=1S/C20H29ClN4O3/c1-20(14-26,15-27)25-13-19(22-23-25)12-24-7-2-3-17-11-18(21)5-4-16(17)6-9-28-10-8-24/h4-5,11,13,26-27H,2-3,6-10,12,14-15H2,1H3.